The van der Waals surface area contributed by atoms with E-state index in [-0.39, 0.29) is 0 Å². The summed E-state index contributed by atoms with van der Waals surface area (Å²) in [6, 6.07) is 0.567. The van der Waals surface area contributed by atoms with Crippen molar-refractivity contribution in [1.82, 2.24) is 5.32 Å². The van der Waals surface area contributed by atoms with Gasteiger partial charge in [-0.05, 0) is 44.3 Å². The highest BCUT2D eigenvalue weighted by Gasteiger charge is 2.06. The topological polar surface area (TPSA) is 12.0 Å². The average Bonchev–Trinajstić information content (AvgIpc) is 2.41. The van der Waals surface area contributed by atoms with Crippen LogP contribution in [0.2, 0.25) is 0 Å². The summed E-state index contributed by atoms with van der Waals surface area (Å²) in [4.78, 5) is 0. The average molecular weight is 277 g/mol. The van der Waals surface area contributed by atoms with Crippen molar-refractivity contribution in [2.45, 2.75) is 79.2 Å². The highest BCUT2D eigenvalue weighted by atomic mass is 14.9. The fourth-order valence-corrected chi connectivity index (χ4v) is 2.27. The Morgan fingerprint density at radius 1 is 1.15 bits per heavy atom. The van der Waals surface area contributed by atoms with Crippen molar-refractivity contribution < 1.29 is 0 Å². The van der Waals surface area contributed by atoms with Crippen molar-refractivity contribution in [1.29, 1.82) is 0 Å². The largest absolute Gasteiger partial charge is 0.382 e. The molecule has 0 saturated heterocycles. The first-order valence-corrected chi connectivity index (χ1v) is 8.29. The molecule has 0 saturated carbocycles. The minimum atomic E-state index is 0.567. The summed E-state index contributed by atoms with van der Waals surface area (Å²) in [5.41, 5.74) is 2.58. The van der Waals surface area contributed by atoms with Crippen molar-refractivity contribution in [3.8, 4) is 0 Å². The molecule has 1 atom stereocenters. The van der Waals surface area contributed by atoms with Crippen molar-refractivity contribution in [3.63, 3.8) is 0 Å². The van der Waals surface area contributed by atoms with Gasteiger partial charge in [0.05, 0.1) is 0 Å². The van der Waals surface area contributed by atoms with Gasteiger partial charge in [0.15, 0.2) is 0 Å². The summed E-state index contributed by atoms with van der Waals surface area (Å²) in [7, 11) is 0. The highest BCUT2D eigenvalue weighted by Crippen LogP contribution is 2.12. The molecule has 0 heterocycles. The van der Waals surface area contributed by atoms with Crippen LogP contribution in [-0.4, -0.2) is 6.04 Å². The van der Waals surface area contributed by atoms with Crippen LogP contribution in [0.4, 0.5) is 0 Å². The number of hydrogen-bond acceptors (Lipinski definition) is 1. The summed E-state index contributed by atoms with van der Waals surface area (Å²) in [6.07, 6.45) is 13.7. The Bertz CT molecular complexity index is 310. The van der Waals surface area contributed by atoms with E-state index in [2.05, 4.69) is 58.7 Å². The predicted octanol–water partition coefficient (Wildman–Crippen LogP) is 6.00. The Kier molecular flexibility index (Phi) is 11.2. The zero-order valence-electron chi connectivity index (χ0n) is 14.3. The lowest BCUT2D eigenvalue weighted by Gasteiger charge is -2.19. The van der Waals surface area contributed by atoms with E-state index in [0.29, 0.717) is 6.04 Å². The molecule has 0 aliphatic carbocycles. The van der Waals surface area contributed by atoms with E-state index in [1.54, 1.807) is 0 Å². The van der Waals surface area contributed by atoms with Crippen LogP contribution in [0.5, 0.6) is 0 Å². The van der Waals surface area contributed by atoms with Crippen LogP contribution in [0, 0.1) is 5.92 Å². The van der Waals surface area contributed by atoms with Gasteiger partial charge in [-0.25, -0.2) is 0 Å². The molecule has 0 aliphatic rings. The second kappa shape index (κ2) is 11.8. The van der Waals surface area contributed by atoms with E-state index in [9.17, 15) is 0 Å². The Labute approximate surface area is 127 Å². The first kappa shape index (κ1) is 19.0. The van der Waals surface area contributed by atoms with Crippen LogP contribution in [0.1, 0.15) is 73.1 Å². The Hall–Kier alpha value is -0.980. The number of rotatable bonds is 11. The van der Waals surface area contributed by atoms with Gasteiger partial charge in [0.25, 0.3) is 0 Å². The normalized spacial score (nSPS) is 14.5. The van der Waals surface area contributed by atoms with Gasteiger partial charge in [-0.15, -0.1) is 0 Å². The molecular weight excluding hydrogens is 242 g/mol. The number of hydrogen-bond donors (Lipinski definition) is 1. The van der Waals surface area contributed by atoms with Crippen molar-refractivity contribution in [2.75, 3.05) is 0 Å². The van der Waals surface area contributed by atoms with Crippen LogP contribution in [0.3, 0.4) is 0 Å². The van der Waals surface area contributed by atoms with Gasteiger partial charge in [0, 0.05) is 11.7 Å². The molecule has 0 rings (SSSR count). The Balaban J connectivity index is 4.39. The summed E-state index contributed by atoms with van der Waals surface area (Å²) < 4.78 is 0. The second-order valence-corrected chi connectivity index (χ2v) is 6.16. The first-order chi connectivity index (χ1) is 9.53. The molecule has 0 amide bonds. The molecule has 0 aromatic rings. The summed E-state index contributed by atoms with van der Waals surface area (Å²) in [5.74, 6) is 0.807. The summed E-state index contributed by atoms with van der Waals surface area (Å²) in [6.45, 7) is 15.2. The van der Waals surface area contributed by atoms with Crippen molar-refractivity contribution in [3.05, 3.63) is 36.1 Å². The van der Waals surface area contributed by atoms with Gasteiger partial charge in [-0.3, -0.25) is 0 Å². The van der Waals surface area contributed by atoms with Crippen LogP contribution in [-0.2, 0) is 0 Å². The summed E-state index contributed by atoms with van der Waals surface area (Å²) >= 11 is 0. The van der Waals surface area contributed by atoms with E-state index >= 15 is 0 Å². The van der Waals surface area contributed by atoms with E-state index in [1.807, 2.05) is 6.08 Å². The molecule has 0 aliphatic heterocycles. The molecule has 1 heteroatoms. The molecule has 0 radical (unpaired) electrons. The van der Waals surface area contributed by atoms with E-state index in [1.165, 1.54) is 44.1 Å². The lowest BCUT2D eigenvalue weighted by atomic mass is 10.0. The van der Waals surface area contributed by atoms with Crippen LogP contribution >= 0.6 is 0 Å². The highest BCUT2D eigenvalue weighted by molar-refractivity contribution is 5.23. The molecule has 0 bridgehead atoms. The Morgan fingerprint density at radius 3 is 2.35 bits per heavy atom. The van der Waals surface area contributed by atoms with Gasteiger partial charge in [0.2, 0.25) is 0 Å². The third-order valence-corrected chi connectivity index (χ3v) is 3.61. The fourth-order valence-electron chi connectivity index (χ4n) is 2.27. The monoisotopic (exact) mass is 277 g/mol. The molecule has 1 N–H and O–H groups in total. The van der Waals surface area contributed by atoms with Gasteiger partial charge in [-0.1, -0.05) is 65.2 Å². The Morgan fingerprint density at radius 2 is 1.85 bits per heavy atom. The number of nitrogens with one attached hydrogen (secondary N) is 1. The standard InChI is InChI=1S/C19H35N/c1-7-11-17(6)14-15-19(9-3)20-18(8-2)13-10-12-16(4)5/h9,14-16,18,20H,3,7-8,10-13H2,1-2,4-6H3/b17-14-,19-15+/t18-/m0/s1. The molecule has 116 valence electrons. The molecular formula is C19H35N. The predicted molar refractivity (Wildman–Crippen MR) is 92.8 cm³/mol. The van der Waals surface area contributed by atoms with E-state index in [4.69, 9.17) is 0 Å². The van der Waals surface area contributed by atoms with Gasteiger partial charge in [0.1, 0.15) is 0 Å². The molecule has 0 aromatic carbocycles. The first-order valence-electron chi connectivity index (χ1n) is 8.29. The molecule has 0 aromatic heterocycles. The molecule has 1 nitrogen and oxygen atoms in total. The smallest absolute Gasteiger partial charge is 0.0336 e. The third-order valence-electron chi connectivity index (χ3n) is 3.61. The lowest BCUT2D eigenvalue weighted by molar-refractivity contribution is 0.456. The van der Waals surface area contributed by atoms with Crippen LogP contribution in [0.25, 0.3) is 0 Å². The SMILES string of the molecule is C=C/C(=C\C=C(\C)CCC)N[C@@H](CC)CCCC(C)C. The quantitative estimate of drug-likeness (QED) is 0.457. The van der Waals surface area contributed by atoms with Crippen molar-refractivity contribution >= 4 is 0 Å². The molecule has 0 unspecified atom stereocenters. The third kappa shape index (κ3) is 9.89. The lowest BCUT2D eigenvalue weighted by Crippen LogP contribution is -2.27. The molecule has 20 heavy (non-hydrogen) atoms. The maximum atomic E-state index is 3.92. The van der Waals surface area contributed by atoms with Crippen LogP contribution in [0.15, 0.2) is 36.1 Å². The maximum absolute atomic E-state index is 3.92. The van der Waals surface area contributed by atoms with E-state index < -0.39 is 0 Å². The fraction of sp³-hybridized carbons (Fsp3) is 0.684. The van der Waals surface area contributed by atoms with Gasteiger partial charge >= 0.3 is 0 Å². The second-order valence-electron chi connectivity index (χ2n) is 6.16. The van der Waals surface area contributed by atoms with Gasteiger partial charge in [-0.2, -0.15) is 0 Å². The molecule has 0 spiro atoms. The summed E-state index contributed by atoms with van der Waals surface area (Å²) in [5, 5.41) is 3.62. The van der Waals surface area contributed by atoms with E-state index in [0.717, 1.165) is 11.6 Å². The van der Waals surface area contributed by atoms with Crippen LogP contribution < -0.4 is 5.32 Å². The minimum Gasteiger partial charge on any atom is -0.382 e. The number of allylic oxidation sites excluding steroid dienone is 4. The zero-order chi connectivity index (χ0) is 15.4. The minimum absolute atomic E-state index is 0.567. The zero-order valence-corrected chi connectivity index (χ0v) is 14.3. The molecule has 0 fully saturated rings. The maximum Gasteiger partial charge on any atom is 0.0336 e. The van der Waals surface area contributed by atoms with Crippen molar-refractivity contribution in [2.24, 2.45) is 5.92 Å². The van der Waals surface area contributed by atoms with Gasteiger partial charge < -0.3 is 5.32 Å².